The van der Waals surface area contributed by atoms with Crippen molar-refractivity contribution in [3.63, 3.8) is 0 Å². The number of amides is 3. The van der Waals surface area contributed by atoms with Gasteiger partial charge in [-0.2, -0.15) is 0 Å². The Kier molecular flexibility index (Phi) is 7.49. The second-order valence-electron chi connectivity index (χ2n) is 5.93. The van der Waals surface area contributed by atoms with Crippen LogP contribution in [0.15, 0.2) is 48.5 Å². The maximum Gasteiger partial charge on any atom is 0.315 e. The lowest BCUT2D eigenvalue weighted by molar-refractivity contribution is -0.120. The number of benzene rings is 2. The molecule has 0 aliphatic heterocycles. The first-order valence-electron chi connectivity index (χ1n) is 8.54. The van der Waals surface area contributed by atoms with Crippen molar-refractivity contribution < 1.29 is 14.3 Å². The van der Waals surface area contributed by atoms with Gasteiger partial charge < -0.3 is 20.7 Å². The SMILES string of the molecule is COc1ccccc1CCNC(=O)CNC(=O)NCc1ccc(C)cc1. The van der Waals surface area contributed by atoms with E-state index in [1.165, 1.54) is 5.56 Å². The predicted molar refractivity (Wildman–Crippen MR) is 101 cm³/mol. The van der Waals surface area contributed by atoms with Crippen molar-refractivity contribution >= 4 is 11.9 Å². The summed E-state index contributed by atoms with van der Waals surface area (Å²) in [6, 6.07) is 15.2. The number of methoxy groups -OCH3 is 1. The summed E-state index contributed by atoms with van der Waals surface area (Å²) in [7, 11) is 1.62. The predicted octanol–water partition coefficient (Wildman–Crippen LogP) is 2.16. The van der Waals surface area contributed by atoms with Crippen molar-refractivity contribution in [2.24, 2.45) is 0 Å². The zero-order valence-corrected chi connectivity index (χ0v) is 15.2. The van der Waals surface area contributed by atoms with Crippen molar-refractivity contribution in [3.05, 3.63) is 65.2 Å². The number of rotatable bonds is 8. The van der Waals surface area contributed by atoms with Crippen LogP contribution in [0, 0.1) is 6.92 Å². The first-order valence-corrected chi connectivity index (χ1v) is 8.54. The molecule has 0 saturated carbocycles. The van der Waals surface area contributed by atoms with Gasteiger partial charge in [0.25, 0.3) is 0 Å². The minimum atomic E-state index is -0.370. The van der Waals surface area contributed by atoms with Crippen molar-refractivity contribution in [1.82, 2.24) is 16.0 Å². The normalized spacial score (nSPS) is 10.1. The van der Waals surface area contributed by atoms with E-state index in [9.17, 15) is 9.59 Å². The Labute approximate surface area is 153 Å². The van der Waals surface area contributed by atoms with E-state index in [1.54, 1.807) is 7.11 Å². The molecule has 0 radical (unpaired) electrons. The van der Waals surface area contributed by atoms with Crippen LogP contribution in [0.4, 0.5) is 4.79 Å². The highest BCUT2D eigenvalue weighted by Crippen LogP contribution is 2.17. The fourth-order valence-corrected chi connectivity index (χ4v) is 2.42. The zero-order valence-electron chi connectivity index (χ0n) is 15.2. The van der Waals surface area contributed by atoms with E-state index in [0.717, 1.165) is 16.9 Å². The molecule has 0 aliphatic carbocycles. The number of ether oxygens (including phenoxy) is 1. The fourth-order valence-electron chi connectivity index (χ4n) is 2.42. The standard InChI is InChI=1S/C20H25N3O3/c1-15-7-9-16(10-8-15)13-22-20(25)23-14-19(24)21-12-11-17-5-3-4-6-18(17)26-2/h3-10H,11-14H2,1-2H3,(H,21,24)(H2,22,23,25). The Balaban J connectivity index is 1.63. The lowest BCUT2D eigenvalue weighted by Crippen LogP contribution is -2.42. The number of hydrogen-bond donors (Lipinski definition) is 3. The van der Waals surface area contributed by atoms with Gasteiger partial charge in [-0.15, -0.1) is 0 Å². The molecule has 0 unspecified atom stereocenters. The maximum absolute atomic E-state index is 11.8. The summed E-state index contributed by atoms with van der Waals surface area (Å²) in [4.78, 5) is 23.6. The molecule has 3 N–H and O–H groups in total. The Morgan fingerprint density at radius 1 is 0.962 bits per heavy atom. The van der Waals surface area contributed by atoms with Crippen LogP contribution in [-0.2, 0) is 17.8 Å². The van der Waals surface area contributed by atoms with Crippen LogP contribution in [0.3, 0.4) is 0 Å². The fraction of sp³-hybridized carbons (Fsp3) is 0.300. The molecule has 0 aromatic heterocycles. The van der Waals surface area contributed by atoms with Gasteiger partial charge in [0.2, 0.25) is 5.91 Å². The van der Waals surface area contributed by atoms with Crippen LogP contribution >= 0.6 is 0 Å². The highest BCUT2D eigenvalue weighted by atomic mass is 16.5. The van der Waals surface area contributed by atoms with Crippen LogP contribution in [0.25, 0.3) is 0 Å². The second-order valence-corrected chi connectivity index (χ2v) is 5.93. The number of hydrogen-bond acceptors (Lipinski definition) is 3. The molecule has 138 valence electrons. The van der Waals surface area contributed by atoms with Crippen LogP contribution < -0.4 is 20.7 Å². The Morgan fingerprint density at radius 2 is 1.69 bits per heavy atom. The van der Waals surface area contributed by atoms with E-state index < -0.39 is 0 Å². The van der Waals surface area contributed by atoms with Gasteiger partial charge in [0, 0.05) is 13.1 Å². The summed E-state index contributed by atoms with van der Waals surface area (Å²) in [6.45, 7) is 2.84. The molecule has 2 aromatic carbocycles. The number of aryl methyl sites for hydroxylation is 1. The van der Waals surface area contributed by atoms with Gasteiger partial charge in [0.15, 0.2) is 0 Å². The van der Waals surface area contributed by atoms with Gasteiger partial charge in [-0.05, 0) is 30.5 Å². The van der Waals surface area contributed by atoms with Crippen LogP contribution in [0.1, 0.15) is 16.7 Å². The minimum Gasteiger partial charge on any atom is -0.496 e. The largest absolute Gasteiger partial charge is 0.496 e. The molecule has 0 fully saturated rings. The molecule has 0 aliphatic rings. The molecule has 26 heavy (non-hydrogen) atoms. The summed E-state index contributed by atoms with van der Waals surface area (Å²) >= 11 is 0. The Bertz CT molecular complexity index is 729. The van der Waals surface area contributed by atoms with Gasteiger partial charge in [0.05, 0.1) is 13.7 Å². The van der Waals surface area contributed by atoms with E-state index in [0.29, 0.717) is 19.5 Å². The van der Waals surface area contributed by atoms with Crippen molar-refractivity contribution in [2.75, 3.05) is 20.2 Å². The summed E-state index contributed by atoms with van der Waals surface area (Å²) < 4.78 is 5.27. The van der Waals surface area contributed by atoms with Crippen molar-refractivity contribution in [2.45, 2.75) is 19.9 Å². The number of urea groups is 1. The van der Waals surface area contributed by atoms with E-state index in [-0.39, 0.29) is 18.5 Å². The van der Waals surface area contributed by atoms with Gasteiger partial charge in [-0.25, -0.2) is 4.79 Å². The average molecular weight is 355 g/mol. The van der Waals surface area contributed by atoms with Gasteiger partial charge in [-0.3, -0.25) is 4.79 Å². The molecular formula is C20H25N3O3. The highest BCUT2D eigenvalue weighted by molar-refractivity contribution is 5.83. The second kappa shape index (κ2) is 10.1. The third-order valence-corrected chi connectivity index (χ3v) is 3.89. The monoisotopic (exact) mass is 355 g/mol. The molecule has 2 aromatic rings. The number of nitrogens with one attached hydrogen (secondary N) is 3. The Morgan fingerprint density at radius 3 is 2.42 bits per heavy atom. The molecule has 6 nitrogen and oxygen atoms in total. The molecule has 0 saturated heterocycles. The summed E-state index contributed by atoms with van der Waals surface area (Å²) in [6.07, 6.45) is 0.662. The van der Waals surface area contributed by atoms with E-state index in [1.807, 2.05) is 55.5 Å². The first-order chi connectivity index (χ1) is 12.6. The van der Waals surface area contributed by atoms with E-state index in [2.05, 4.69) is 16.0 Å². The topological polar surface area (TPSA) is 79.5 Å². The summed E-state index contributed by atoms with van der Waals surface area (Å²) in [5.74, 6) is 0.570. The van der Waals surface area contributed by atoms with Crippen LogP contribution in [-0.4, -0.2) is 32.1 Å². The molecular weight excluding hydrogens is 330 g/mol. The van der Waals surface area contributed by atoms with Crippen molar-refractivity contribution in [1.29, 1.82) is 0 Å². The lowest BCUT2D eigenvalue weighted by Gasteiger charge is -2.10. The van der Waals surface area contributed by atoms with E-state index >= 15 is 0 Å². The molecule has 0 bridgehead atoms. The van der Waals surface area contributed by atoms with Gasteiger partial charge in [0.1, 0.15) is 5.75 Å². The average Bonchev–Trinajstić information content (AvgIpc) is 2.66. The Hall–Kier alpha value is -3.02. The van der Waals surface area contributed by atoms with Crippen molar-refractivity contribution in [3.8, 4) is 5.75 Å². The summed E-state index contributed by atoms with van der Waals surface area (Å²) in [5.41, 5.74) is 3.20. The quantitative estimate of drug-likeness (QED) is 0.679. The molecule has 0 atom stereocenters. The third kappa shape index (κ3) is 6.47. The molecule has 0 heterocycles. The molecule has 6 heteroatoms. The van der Waals surface area contributed by atoms with Gasteiger partial charge >= 0.3 is 6.03 Å². The van der Waals surface area contributed by atoms with E-state index in [4.69, 9.17) is 4.74 Å². The van der Waals surface area contributed by atoms with Gasteiger partial charge in [-0.1, -0.05) is 48.0 Å². The van der Waals surface area contributed by atoms with Crippen LogP contribution in [0.2, 0.25) is 0 Å². The number of carbonyl (C=O) groups excluding carboxylic acids is 2. The minimum absolute atomic E-state index is 0.0638. The highest BCUT2D eigenvalue weighted by Gasteiger charge is 2.06. The molecule has 2 rings (SSSR count). The molecule has 3 amide bonds. The number of carbonyl (C=O) groups is 2. The summed E-state index contributed by atoms with van der Waals surface area (Å²) in [5, 5.41) is 8.05. The lowest BCUT2D eigenvalue weighted by atomic mass is 10.1. The third-order valence-electron chi connectivity index (χ3n) is 3.89. The smallest absolute Gasteiger partial charge is 0.315 e. The maximum atomic E-state index is 11.8. The van der Waals surface area contributed by atoms with Crippen LogP contribution in [0.5, 0.6) is 5.75 Å². The zero-order chi connectivity index (χ0) is 18.8. The first kappa shape index (κ1) is 19.3. The number of para-hydroxylation sites is 1. The molecule has 0 spiro atoms.